The lowest BCUT2D eigenvalue weighted by molar-refractivity contribution is 0.669. The highest BCUT2D eigenvalue weighted by Gasteiger charge is 2.13. The van der Waals surface area contributed by atoms with E-state index in [1.807, 2.05) is 61.2 Å². The van der Waals surface area contributed by atoms with Gasteiger partial charge in [0.05, 0.1) is 11.4 Å². The lowest BCUT2D eigenvalue weighted by atomic mass is 9.93. The fourth-order valence-electron chi connectivity index (χ4n) is 5.77. The smallest absolute Gasteiger partial charge is 0.136 e. The maximum Gasteiger partial charge on any atom is 0.136 e. The van der Waals surface area contributed by atoms with E-state index in [1.165, 1.54) is 0 Å². The molecular weight excluding hydrogens is 526 g/mol. The molecule has 0 aliphatic carbocycles. The van der Waals surface area contributed by atoms with E-state index in [9.17, 15) is 0 Å². The highest BCUT2D eigenvalue weighted by atomic mass is 16.3. The molecule has 4 aromatic carbocycles. The summed E-state index contributed by atoms with van der Waals surface area (Å²) in [5.74, 6) is 0. The van der Waals surface area contributed by atoms with Crippen molar-refractivity contribution in [2.24, 2.45) is 0 Å². The molecule has 0 fully saturated rings. The van der Waals surface area contributed by atoms with E-state index < -0.39 is 0 Å². The van der Waals surface area contributed by atoms with Gasteiger partial charge in [-0.3, -0.25) is 15.0 Å². The molecule has 0 saturated carbocycles. The van der Waals surface area contributed by atoms with Gasteiger partial charge in [0.15, 0.2) is 0 Å². The standard InChI is InChI=1S/C39H25N3O/c1-3-18-41-36(11-1)30-10-6-8-28(22-30)32-17-20-40-25-35(32)29-9-5-7-26(21-29)27-14-16-38-34(23-27)33-15-13-31(24-39(33)43-38)37-12-2-4-19-42-37/h1-25H. The lowest BCUT2D eigenvalue weighted by Crippen LogP contribution is -1.89. The summed E-state index contributed by atoms with van der Waals surface area (Å²) >= 11 is 0. The predicted molar refractivity (Wildman–Crippen MR) is 174 cm³/mol. The first-order valence-corrected chi connectivity index (χ1v) is 14.2. The third-order valence-electron chi connectivity index (χ3n) is 7.89. The lowest BCUT2D eigenvalue weighted by Gasteiger charge is -2.12. The van der Waals surface area contributed by atoms with Crippen LogP contribution in [0.1, 0.15) is 0 Å². The summed E-state index contributed by atoms with van der Waals surface area (Å²) in [6, 6.07) is 43.9. The van der Waals surface area contributed by atoms with E-state index in [0.717, 1.165) is 77.8 Å². The molecule has 4 heterocycles. The van der Waals surface area contributed by atoms with Crippen LogP contribution in [0.4, 0.5) is 0 Å². The summed E-state index contributed by atoms with van der Waals surface area (Å²) in [5, 5.41) is 2.19. The number of benzene rings is 4. The molecule has 8 aromatic rings. The van der Waals surface area contributed by atoms with Gasteiger partial charge in [0.2, 0.25) is 0 Å². The predicted octanol–water partition coefficient (Wildman–Crippen LogP) is 10.1. The number of pyridine rings is 3. The summed E-state index contributed by atoms with van der Waals surface area (Å²) in [7, 11) is 0. The average molecular weight is 552 g/mol. The minimum Gasteiger partial charge on any atom is -0.456 e. The molecule has 8 rings (SSSR count). The quantitative estimate of drug-likeness (QED) is 0.214. The largest absolute Gasteiger partial charge is 0.456 e. The van der Waals surface area contributed by atoms with Gasteiger partial charge >= 0.3 is 0 Å². The molecule has 0 radical (unpaired) electrons. The van der Waals surface area contributed by atoms with E-state index in [4.69, 9.17) is 4.42 Å². The Labute approximate surface area is 249 Å². The van der Waals surface area contributed by atoms with Crippen molar-refractivity contribution in [2.45, 2.75) is 0 Å². The number of hydrogen-bond donors (Lipinski definition) is 0. The first kappa shape index (κ1) is 24.9. The van der Waals surface area contributed by atoms with Crippen molar-refractivity contribution >= 4 is 21.9 Å². The zero-order chi connectivity index (χ0) is 28.6. The van der Waals surface area contributed by atoms with Crippen LogP contribution in [0.15, 0.2) is 157 Å². The molecule has 4 heteroatoms. The Morgan fingerprint density at radius 3 is 1.81 bits per heavy atom. The van der Waals surface area contributed by atoms with Crippen LogP contribution in [0.25, 0.3) is 77.8 Å². The third-order valence-corrected chi connectivity index (χ3v) is 7.89. The monoisotopic (exact) mass is 551 g/mol. The van der Waals surface area contributed by atoms with Gasteiger partial charge in [-0.1, -0.05) is 60.7 Å². The van der Waals surface area contributed by atoms with Crippen LogP contribution in [0.5, 0.6) is 0 Å². The first-order chi connectivity index (χ1) is 21.3. The number of aromatic nitrogens is 3. The van der Waals surface area contributed by atoms with Gasteiger partial charge in [0, 0.05) is 52.3 Å². The van der Waals surface area contributed by atoms with E-state index in [-0.39, 0.29) is 0 Å². The Morgan fingerprint density at radius 2 is 1.05 bits per heavy atom. The van der Waals surface area contributed by atoms with Gasteiger partial charge in [-0.2, -0.15) is 0 Å². The molecule has 0 atom stereocenters. The molecule has 43 heavy (non-hydrogen) atoms. The second-order valence-electron chi connectivity index (χ2n) is 10.5. The minimum absolute atomic E-state index is 0.858. The van der Waals surface area contributed by atoms with Crippen LogP contribution in [0.3, 0.4) is 0 Å². The molecule has 202 valence electrons. The maximum absolute atomic E-state index is 6.26. The molecule has 0 aliphatic heterocycles. The Morgan fingerprint density at radius 1 is 0.395 bits per heavy atom. The van der Waals surface area contributed by atoms with Crippen LogP contribution in [-0.2, 0) is 0 Å². The summed E-state index contributed by atoms with van der Waals surface area (Å²) < 4.78 is 6.26. The minimum atomic E-state index is 0.858. The van der Waals surface area contributed by atoms with Crippen molar-refractivity contribution in [3.63, 3.8) is 0 Å². The van der Waals surface area contributed by atoms with E-state index >= 15 is 0 Å². The highest BCUT2D eigenvalue weighted by Crippen LogP contribution is 2.37. The maximum atomic E-state index is 6.26. The summed E-state index contributed by atoms with van der Waals surface area (Å²) in [6.45, 7) is 0. The highest BCUT2D eigenvalue weighted by molar-refractivity contribution is 6.07. The Kier molecular flexibility index (Phi) is 6.08. The summed E-state index contributed by atoms with van der Waals surface area (Å²) in [4.78, 5) is 13.5. The molecule has 0 saturated heterocycles. The summed E-state index contributed by atoms with van der Waals surface area (Å²) in [5.41, 5.74) is 12.5. The number of nitrogens with zero attached hydrogens (tertiary/aromatic N) is 3. The van der Waals surface area contributed by atoms with E-state index in [2.05, 4.69) is 106 Å². The zero-order valence-corrected chi connectivity index (χ0v) is 23.2. The second-order valence-corrected chi connectivity index (χ2v) is 10.5. The van der Waals surface area contributed by atoms with Gasteiger partial charge in [-0.05, 0) is 94.5 Å². The van der Waals surface area contributed by atoms with Crippen molar-refractivity contribution < 1.29 is 4.42 Å². The van der Waals surface area contributed by atoms with Gasteiger partial charge in [0.25, 0.3) is 0 Å². The van der Waals surface area contributed by atoms with Crippen molar-refractivity contribution in [1.82, 2.24) is 15.0 Å². The zero-order valence-electron chi connectivity index (χ0n) is 23.2. The Bertz CT molecular complexity index is 2240. The van der Waals surface area contributed by atoms with E-state index in [0.29, 0.717) is 0 Å². The first-order valence-electron chi connectivity index (χ1n) is 14.2. The Hall–Kier alpha value is -5.87. The second kappa shape index (κ2) is 10.5. The van der Waals surface area contributed by atoms with Crippen LogP contribution >= 0.6 is 0 Å². The Balaban J connectivity index is 1.18. The summed E-state index contributed by atoms with van der Waals surface area (Å²) in [6.07, 6.45) is 7.45. The average Bonchev–Trinajstić information content (AvgIpc) is 3.46. The SMILES string of the molecule is c1ccc(-c2cccc(-c3ccncc3-c3cccc(-c4ccc5oc6cc(-c7ccccn7)ccc6c5c4)c3)c2)nc1. The fraction of sp³-hybridized carbons (Fsp3) is 0. The molecule has 0 aliphatic rings. The number of rotatable bonds is 5. The normalized spacial score (nSPS) is 11.3. The number of hydrogen-bond acceptors (Lipinski definition) is 4. The molecule has 0 amide bonds. The van der Waals surface area contributed by atoms with E-state index in [1.54, 1.807) is 0 Å². The van der Waals surface area contributed by atoms with Crippen molar-refractivity contribution in [2.75, 3.05) is 0 Å². The third kappa shape index (κ3) is 4.65. The van der Waals surface area contributed by atoms with Gasteiger partial charge < -0.3 is 4.42 Å². The topological polar surface area (TPSA) is 51.8 Å². The van der Waals surface area contributed by atoms with Gasteiger partial charge in [-0.25, -0.2) is 0 Å². The molecule has 0 spiro atoms. The fourth-order valence-corrected chi connectivity index (χ4v) is 5.77. The molecule has 4 aromatic heterocycles. The number of furan rings is 1. The van der Waals surface area contributed by atoms with Crippen LogP contribution in [0, 0.1) is 0 Å². The van der Waals surface area contributed by atoms with Gasteiger partial charge in [0.1, 0.15) is 11.2 Å². The van der Waals surface area contributed by atoms with Gasteiger partial charge in [-0.15, -0.1) is 0 Å². The van der Waals surface area contributed by atoms with Crippen LogP contribution < -0.4 is 0 Å². The molecule has 0 bridgehead atoms. The molecule has 4 nitrogen and oxygen atoms in total. The van der Waals surface area contributed by atoms with Crippen LogP contribution in [-0.4, -0.2) is 15.0 Å². The van der Waals surface area contributed by atoms with Crippen LogP contribution in [0.2, 0.25) is 0 Å². The molecular formula is C39H25N3O. The van der Waals surface area contributed by atoms with Crippen molar-refractivity contribution in [3.8, 4) is 55.9 Å². The molecule has 0 N–H and O–H groups in total. The van der Waals surface area contributed by atoms with Crippen molar-refractivity contribution in [3.05, 3.63) is 152 Å². The molecule has 0 unspecified atom stereocenters. The van der Waals surface area contributed by atoms with Crippen molar-refractivity contribution in [1.29, 1.82) is 0 Å². The number of fused-ring (bicyclic) bond motifs is 3.